The highest BCUT2D eigenvalue weighted by Crippen LogP contribution is 2.14. The van der Waals surface area contributed by atoms with Gasteiger partial charge in [0.25, 0.3) is 0 Å². The number of nitrogens with zero attached hydrogens (tertiary/aromatic N) is 2. The second-order valence-electron chi connectivity index (χ2n) is 7.01. The predicted molar refractivity (Wildman–Crippen MR) is 108 cm³/mol. The van der Waals surface area contributed by atoms with Crippen molar-refractivity contribution in [1.82, 2.24) is 14.9 Å². The highest BCUT2D eigenvalue weighted by atomic mass is 32.2. The van der Waals surface area contributed by atoms with E-state index in [0.29, 0.717) is 25.6 Å². The van der Waals surface area contributed by atoms with Crippen molar-refractivity contribution >= 4 is 16.0 Å². The largest absolute Gasteiger partial charge is 0.378 e. The van der Waals surface area contributed by atoms with Gasteiger partial charge in [-0.3, -0.25) is 4.99 Å². The third kappa shape index (κ3) is 7.80. The van der Waals surface area contributed by atoms with Gasteiger partial charge < -0.3 is 15.4 Å². The minimum Gasteiger partial charge on any atom is -0.378 e. The molecule has 1 atom stereocenters. The van der Waals surface area contributed by atoms with Crippen molar-refractivity contribution in [3.8, 4) is 0 Å². The molecule has 1 aliphatic rings. The molecule has 1 rings (SSSR count). The number of rotatable bonds is 10. The van der Waals surface area contributed by atoms with Gasteiger partial charge in [-0.05, 0) is 46.0 Å². The molecule has 1 saturated heterocycles. The molecule has 1 aliphatic heterocycles. The van der Waals surface area contributed by atoms with Gasteiger partial charge in [0.15, 0.2) is 5.96 Å². The second-order valence-corrected chi connectivity index (χ2v) is 9.26. The van der Waals surface area contributed by atoms with Gasteiger partial charge in [0.1, 0.15) is 0 Å². The Hall–Kier alpha value is -0.860. The van der Waals surface area contributed by atoms with Crippen molar-refractivity contribution in [3.05, 3.63) is 0 Å². The molecule has 26 heavy (non-hydrogen) atoms. The molecule has 0 radical (unpaired) electrons. The zero-order valence-electron chi connectivity index (χ0n) is 17.1. The smallest absolute Gasteiger partial charge is 0.213 e. The number of sulfonamides is 1. The van der Waals surface area contributed by atoms with Crippen molar-refractivity contribution in [2.75, 3.05) is 38.5 Å². The summed E-state index contributed by atoms with van der Waals surface area (Å²) in [6.45, 7) is 13.5. The fraction of sp³-hybridized carbons (Fsp3) is 0.944. The van der Waals surface area contributed by atoms with Gasteiger partial charge in [0.2, 0.25) is 10.0 Å². The molecular weight excluding hydrogens is 352 g/mol. The Bertz CT molecular complexity index is 515. The summed E-state index contributed by atoms with van der Waals surface area (Å²) in [7, 11) is -3.07. The molecule has 7 nitrogen and oxygen atoms in total. The third-order valence-corrected chi connectivity index (χ3v) is 6.59. The second kappa shape index (κ2) is 11.8. The van der Waals surface area contributed by atoms with Crippen molar-refractivity contribution in [2.24, 2.45) is 10.9 Å². The number of nitrogens with one attached hydrogen (secondary N) is 2. The van der Waals surface area contributed by atoms with Crippen molar-refractivity contribution in [1.29, 1.82) is 0 Å². The maximum atomic E-state index is 12.0. The summed E-state index contributed by atoms with van der Waals surface area (Å²) in [6.07, 6.45) is 2.73. The van der Waals surface area contributed by atoms with Gasteiger partial charge in [-0.2, -0.15) is 0 Å². The Labute approximate surface area is 160 Å². The van der Waals surface area contributed by atoms with Crippen LogP contribution >= 0.6 is 0 Å². The first-order valence-electron chi connectivity index (χ1n) is 9.98. The maximum Gasteiger partial charge on any atom is 0.213 e. The minimum atomic E-state index is -3.07. The van der Waals surface area contributed by atoms with E-state index in [9.17, 15) is 8.42 Å². The Morgan fingerprint density at radius 1 is 1.23 bits per heavy atom. The van der Waals surface area contributed by atoms with Crippen LogP contribution in [-0.2, 0) is 14.8 Å². The van der Waals surface area contributed by atoms with Gasteiger partial charge in [-0.1, -0.05) is 13.8 Å². The molecule has 0 aromatic heterocycles. The fourth-order valence-electron chi connectivity index (χ4n) is 3.10. The lowest BCUT2D eigenvalue weighted by Crippen LogP contribution is -2.50. The summed E-state index contributed by atoms with van der Waals surface area (Å²) in [5.74, 6) is 1.46. The maximum absolute atomic E-state index is 12.0. The summed E-state index contributed by atoms with van der Waals surface area (Å²) < 4.78 is 31.3. The van der Waals surface area contributed by atoms with Crippen LogP contribution in [0.2, 0.25) is 0 Å². The van der Waals surface area contributed by atoms with Crippen LogP contribution in [0.25, 0.3) is 0 Å². The van der Waals surface area contributed by atoms with Crippen LogP contribution in [0.5, 0.6) is 0 Å². The molecule has 2 N–H and O–H groups in total. The monoisotopic (exact) mass is 390 g/mol. The molecule has 0 saturated carbocycles. The van der Waals surface area contributed by atoms with E-state index < -0.39 is 10.0 Å². The van der Waals surface area contributed by atoms with Crippen molar-refractivity contribution in [2.45, 2.75) is 66.0 Å². The normalized spacial score (nSPS) is 18.9. The molecule has 0 aromatic rings. The molecule has 154 valence electrons. The van der Waals surface area contributed by atoms with E-state index in [2.05, 4.69) is 29.5 Å². The molecule has 0 aromatic carbocycles. The van der Waals surface area contributed by atoms with E-state index in [0.717, 1.165) is 38.4 Å². The molecule has 1 unspecified atom stereocenters. The molecule has 0 spiro atoms. The Morgan fingerprint density at radius 3 is 2.38 bits per heavy atom. The topological polar surface area (TPSA) is 83.0 Å². The Kier molecular flexibility index (Phi) is 10.5. The molecule has 1 heterocycles. The molecule has 8 heteroatoms. The van der Waals surface area contributed by atoms with Crippen LogP contribution in [-0.4, -0.2) is 69.4 Å². The summed E-state index contributed by atoms with van der Waals surface area (Å²) in [4.78, 5) is 4.68. The zero-order valence-corrected chi connectivity index (χ0v) is 17.9. The highest BCUT2D eigenvalue weighted by molar-refractivity contribution is 7.89. The minimum absolute atomic E-state index is 0.173. The quantitative estimate of drug-likeness (QED) is 0.439. The zero-order chi connectivity index (χ0) is 19.6. The summed E-state index contributed by atoms with van der Waals surface area (Å²) in [5.41, 5.74) is 0. The van der Waals surface area contributed by atoms with Crippen LogP contribution in [0.4, 0.5) is 0 Å². The average molecular weight is 391 g/mol. The van der Waals surface area contributed by atoms with E-state index in [1.807, 2.05) is 13.8 Å². The number of guanidine groups is 1. The van der Waals surface area contributed by atoms with Gasteiger partial charge in [0.05, 0.1) is 11.9 Å². The van der Waals surface area contributed by atoms with E-state index in [-0.39, 0.29) is 17.9 Å². The van der Waals surface area contributed by atoms with Gasteiger partial charge in [0, 0.05) is 38.8 Å². The SMILES string of the molecule is CCNC(=NCCC(OCC)C(C)C)NC1CCN(S(=O)(=O)CC)CC1. The van der Waals surface area contributed by atoms with Crippen molar-refractivity contribution < 1.29 is 13.2 Å². The third-order valence-electron chi connectivity index (χ3n) is 4.71. The average Bonchev–Trinajstić information content (AvgIpc) is 2.61. The van der Waals surface area contributed by atoms with E-state index in [1.165, 1.54) is 0 Å². The number of aliphatic imine (C=N–C) groups is 1. The van der Waals surface area contributed by atoms with Crippen LogP contribution in [0.1, 0.15) is 53.9 Å². The molecule has 1 fully saturated rings. The molecule has 0 bridgehead atoms. The number of hydrogen-bond acceptors (Lipinski definition) is 4. The Balaban J connectivity index is 2.52. The van der Waals surface area contributed by atoms with Gasteiger partial charge in [-0.15, -0.1) is 0 Å². The summed E-state index contributed by atoms with van der Waals surface area (Å²) in [6, 6.07) is 0.254. The number of piperidine rings is 1. The fourth-order valence-corrected chi connectivity index (χ4v) is 4.23. The van der Waals surface area contributed by atoms with E-state index in [4.69, 9.17) is 4.74 Å². The van der Waals surface area contributed by atoms with Crippen LogP contribution < -0.4 is 10.6 Å². The lowest BCUT2D eigenvalue weighted by molar-refractivity contribution is 0.0266. The van der Waals surface area contributed by atoms with Gasteiger partial charge >= 0.3 is 0 Å². The lowest BCUT2D eigenvalue weighted by Gasteiger charge is -2.32. The Morgan fingerprint density at radius 2 is 1.88 bits per heavy atom. The standard InChI is InChI=1S/C18H38N4O3S/c1-6-19-18(20-12-9-17(15(4)5)25-7-2)21-16-10-13-22(14-11-16)26(23,24)8-3/h15-17H,6-14H2,1-5H3,(H2,19,20,21). The first kappa shape index (κ1) is 23.2. The molecule has 0 aliphatic carbocycles. The molecule has 0 amide bonds. The van der Waals surface area contributed by atoms with Gasteiger partial charge in [-0.25, -0.2) is 12.7 Å². The van der Waals surface area contributed by atoms with Crippen LogP contribution in [0, 0.1) is 5.92 Å². The summed E-state index contributed by atoms with van der Waals surface area (Å²) >= 11 is 0. The van der Waals surface area contributed by atoms with E-state index in [1.54, 1.807) is 11.2 Å². The first-order chi connectivity index (χ1) is 12.3. The predicted octanol–water partition coefficient (Wildman–Crippen LogP) is 1.81. The highest BCUT2D eigenvalue weighted by Gasteiger charge is 2.27. The van der Waals surface area contributed by atoms with E-state index >= 15 is 0 Å². The van der Waals surface area contributed by atoms with Crippen LogP contribution in [0.3, 0.4) is 0 Å². The summed E-state index contributed by atoms with van der Waals surface area (Å²) in [5, 5.41) is 6.74. The lowest BCUT2D eigenvalue weighted by atomic mass is 10.0. The van der Waals surface area contributed by atoms with Crippen molar-refractivity contribution in [3.63, 3.8) is 0 Å². The van der Waals surface area contributed by atoms with Crippen LogP contribution in [0.15, 0.2) is 4.99 Å². The first-order valence-corrected chi connectivity index (χ1v) is 11.6. The molecular formula is C18H38N4O3S. The number of ether oxygens (including phenoxy) is 1. The number of hydrogen-bond donors (Lipinski definition) is 2.